The van der Waals surface area contributed by atoms with Crippen LogP contribution in [0, 0.1) is 0 Å². The fraction of sp³-hybridized carbons (Fsp3) is 0.409. The van der Waals surface area contributed by atoms with Gasteiger partial charge in [0.15, 0.2) is 5.16 Å². The number of fused-ring (bicyclic) bond motifs is 3. The van der Waals surface area contributed by atoms with Gasteiger partial charge < -0.3 is 10.3 Å². The molecule has 7 heteroatoms. The minimum absolute atomic E-state index is 0.00656. The lowest BCUT2D eigenvalue weighted by molar-refractivity contribution is -0.121. The van der Waals surface area contributed by atoms with Gasteiger partial charge in [-0.25, -0.2) is 4.98 Å². The van der Waals surface area contributed by atoms with Crippen LogP contribution in [0.4, 0.5) is 0 Å². The molecule has 1 atom stereocenters. The maximum Gasteiger partial charge on any atom is 0.257 e. The number of aromatic nitrogens is 3. The minimum Gasteiger partial charge on any atom is -0.361 e. The smallest absolute Gasteiger partial charge is 0.257 e. The van der Waals surface area contributed by atoms with Crippen molar-refractivity contribution in [3.05, 3.63) is 57.6 Å². The van der Waals surface area contributed by atoms with E-state index in [2.05, 4.69) is 22.4 Å². The van der Waals surface area contributed by atoms with Gasteiger partial charge in [0, 0.05) is 41.4 Å². The number of hydrogen-bond acceptors (Lipinski definition) is 4. The topological polar surface area (TPSA) is 79.8 Å². The second-order valence-electron chi connectivity index (χ2n) is 7.83. The summed E-state index contributed by atoms with van der Waals surface area (Å²) < 4.78 is 1.77. The van der Waals surface area contributed by atoms with E-state index in [1.165, 1.54) is 10.9 Å². The van der Waals surface area contributed by atoms with Crippen molar-refractivity contribution in [2.45, 2.75) is 49.7 Å². The second kappa shape index (κ2) is 7.71. The Morgan fingerprint density at radius 1 is 1.28 bits per heavy atom. The summed E-state index contributed by atoms with van der Waals surface area (Å²) in [5.41, 5.74) is 4.24. The average molecular weight is 409 g/mol. The molecule has 1 amide bonds. The lowest BCUT2D eigenvalue weighted by Crippen LogP contribution is -2.34. The number of carbonyl (C=O) groups is 1. The van der Waals surface area contributed by atoms with Gasteiger partial charge in [0.05, 0.1) is 11.7 Å². The molecule has 1 aliphatic carbocycles. The standard InChI is InChI=1S/C22H24N4O2S/c27-20(23-10-9-14-12-24-18-7-3-1-5-16(14)18)11-15-13-29-22-25-19-8-4-2-6-17(19)21(28)26(15)22/h1,3,5,7,12,15,24H,2,4,6,8-11,13H2,(H,23,27)/t15-/m0/s1. The molecule has 2 aromatic heterocycles. The molecule has 1 aliphatic heterocycles. The predicted octanol–water partition coefficient (Wildman–Crippen LogP) is 3.00. The Bertz CT molecular complexity index is 1130. The lowest BCUT2D eigenvalue weighted by Gasteiger charge is -2.18. The number of aryl methyl sites for hydroxylation is 1. The number of rotatable bonds is 5. The van der Waals surface area contributed by atoms with Gasteiger partial charge in [-0.05, 0) is 43.7 Å². The van der Waals surface area contributed by atoms with E-state index in [1.807, 2.05) is 18.3 Å². The third-order valence-electron chi connectivity index (χ3n) is 5.93. The van der Waals surface area contributed by atoms with Crippen LogP contribution < -0.4 is 10.9 Å². The van der Waals surface area contributed by atoms with Gasteiger partial charge in [0.1, 0.15) is 0 Å². The van der Waals surface area contributed by atoms with E-state index in [-0.39, 0.29) is 17.5 Å². The van der Waals surface area contributed by atoms with Crippen molar-refractivity contribution in [2.75, 3.05) is 12.3 Å². The fourth-order valence-corrected chi connectivity index (χ4v) is 5.58. The Morgan fingerprint density at radius 2 is 2.14 bits per heavy atom. The Balaban J connectivity index is 1.23. The molecule has 0 saturated carbocycles. The molecule has 1 aromatic carbocycles. The van der Waals surface area contributed by atoms with E-state index in [4.69, 9.17) is 4.98 Å². The fourth-order valence-electron chi connectivity index (χ4n) is 4.43. The first-order valence-electron chi connectivity index (χ1n) is 10.3. The normalized spacial score (nSPS) is 17.9. The molecule has 3 heterocycles. The molecule has 0 saturated heterocycles. The summed E-state index contributed by atoms with van der Waals surface area (Å²) in [6.45, 7) is 0.588. The largest absolute Gasteiger partial charge is 0.361 e. The predicted molar refractivity (Wildman–Crippen MR) is 115 cm³/mol. The van der Waals surface area contributed by atoms with Gasteiger partial charge in [-0.15, -0.1) is 0 Å². The third kappa shape index (κ3) is 3.48. The van der Waals surface area contributed by atoms with Crippen LogP contribution in [0.25, 0.3) is 10.9 Å². The van der Waals surface area contributed by atoms with Crippen molar-refractivity contribution >= 4 is 28.6 Å². The molecule has 0 spiro atoms. The van der Waals surface area contributed by atoms with Gasteiger partial charge in [0.25, 0.3) is 5.56 Å². The number of aromatic amines is 1. The van der Waals surface area contributed by atoms with Crippen LogP contribution in [-0.2, 0) is 24.1 Å². The van der Waals surface area contributed by atoms with Crippen LogP contribution in [-0.4, -0.2) is 32.7 Å². The number of benzene rings is 1. The van der Waals surface area contributed by atoms with Gasteiger partial charge in [0.2, 0.25) is 5.91 Å². The molecule has 0 bridgehead atoms. The number of para-hydroxylation sites is 1. The molecule has 2 N–H and O–H groups in total. The lowest BCUT2D eigenvalue weighted by atomic mass is 9.97. The van der Waals surface area contributed by atoms with Gasteiger partial charge in [-0.1, -0.05) is 30.0 Å². The van der Waals surface area contributed by atoms with Crippen LogP contribution in [0.1, 0.15) is 42.1 Å². The summed E-state index contributed by atoms with van der Waals surface area (Å²) in [7, 11) is 0. The van der Waals surface area contributed by atoms with Crippen LogP contribution in [0.3, 0.4) is 0 Å². The molecule has 29 heavy (non-hydrogen) atoms. The van der Waals surface area contributed by atoms with Gasteiger partial charge in [-0.3, -0.25) is 14.2 Å². The molecular weight excluding hydrogens is 384 g/mol. The van der Waals surface area contributed by atoms with Gasteiger partial charge in [-0.2, -0.15) is 0 Å². The highest BCUT2D eigenvalue weighted by molar-refractivity contribution is 7.99. The summed E-state index contributed by atoms with van der Waals surface area (Å²) in [6.07, 6.45) is 6.99. The van der Waals surface area contributed by atoms with Crippen LogP contribution in [0.5, 0.6) is 0 Å². The first-order chi connectivity index (χ1) is 14.2. The number of nitrogens with zero attached hydrogens (tertiary/aromatic N) is 2. The molecule has 0 radical (unpaired) electrons. The second-order valence-corrected chi connectivity index (χ2v) is 8.82. The Labute approximate surface area is 173 Å². The number of thioether (sulfide) groups is 1. The van der Waals surface area contributed by atoms with Gasteiger partial charge >= 0.3 is 0 Å². The highest BCUT2D eigenvalue weighted by atomic mass is 32.2. The zero-order valence-corrected chi connectivity index (χ0v) is 17.1. The van der Waals surface area contributed by atoms with E-state index in [1.54, 1.807) is 16.3 Å². The van der Waals surface area contributed by atoms with Crippen LogP contribution >= 0.6 is 11.8 Å². The number of carbonyl (C=O) groups excluding carboxylic acids is 1. The zero-order chi connectivity index (χ0) is 19.8. The first-order valence-corrected chi connectivity index (χ1v) is 11.3. The molecule has 0 unspecified atom stereocenters. The van der Waals surface area contributed by atoms with Crippen molar-refractivity contribution in [2.24, 2.45) is 0 Å². The average Bonchev–Trinajstić information content (AvgIpc) is 3.33. The van der Waals surface area contributed by atoms with E-state index in [0.717, 1.165) is 59.8 Å². The molecule has 5 rings (SSSR count). The molecule has 3 aromatic rings. The highest BCUT2D eigenvalue weighted by Gasteiger charge is 2.30. The first kappa shape index (κ1) is 18.5. The van der Waals surface area contributed by atoms with Crippen LogP contribution in [0.2, 0.25) is 0 Å². The van der Waals surface area contributed by atoms with E-state index >= 15 is 0 Å². The van der Waals surface area contributed by atoms with Crippen molar-refractivity contribution < 1.29 is 4.79 Å². The van der Waals surface area contributed by atoms with Crippen molar-refractivity contribution in [3.8, 4) is 0 Å². The molecule has 2 aliphatic rings. The van der Waals surface area contributed by atoms with E-state index in [9.17, 15) is 9.59 Å². The number of nitrogens with one attached hydrogen (secondary N) is 2. The minimum atomic E-state index is -0.102. The maximum atomic E-state index is 13.0. The Hall–Kier alpha value is -2.54. The highest BCUT2D eigenvalue weighted by Crippen LogP contribution is 2.33. The Kier molecular flexibility index (Phi) is 4.91. The third-order valence-corrected chi connectivity index (χ3v) is 7.03. The van der Waals surface area contributed by atoms with Crippen molar-refractivity contribution in [1.82, 2.24) is 19.9 Å². The molecular formula is C22H24N4O2S. The summed E-state index contributed by atoms with van der Waals surface area (Å²) in [5.74, 6) is 0.731. The summed E-state index contributed by atoms with van der Waals surface area (Å²) in [6, 6.07) is 8.08. The molecule has 0 fully saturated rings. The monoisotopic (exact) mass is 408 g/mol. The van der Waals surface area contributed by atoms with Crippen molar-refractivity contribution in [1.29, 1.82) is 0 Å². The zero-order valence-electron chi connectivity index (χ0n) is 16.2. The molecule has 150 valence electrons. The van der Waals surface area contributed by atoms with E-state index < -0.39 is 0 Å². The quantitative estimate of drug-likeness (QED) is 0.636. The van der Waals surface area contributed by atoms with E-state index in [0.29, 0.717) is 13.0 Å². The summed E-state index contributed by atoms with van der Waals surface area (Å²) >= 11 is 1.60. The number of H-pyrrole nitrogens is 1. The number of amides is 1. The SMILES string of the molecule is O=C(C[C@H]1CSc2nc3c(c(=O)n21)CCCC3)NCCc1c[nH]c2ccccc12. The van der Waals surface area contributed by atoms with Crippen LogP contribution in [0.15, 0.2) is 40.4 Å². The Morgan fingerprint density at radius 3 is 3.07 bits per heavy atom. The maximum absolute atomic E-state index is 13.0. The van der Waals surface area contributed by atoms with Crippen molar-refractivity contribution in [3.63, 3.8) is 0 Å². The summed E-state index contributed by atoms with van der Waals surface area (Å²) in [5, 5.41) is 5.01. The summed E-state index contributed by atoms with van der Waals surface area (Å²) in [4.78, 5) is 33.5. The molecule has 6 nitrogen and oxygen atoms in total. The number of hydrogen-bond donors (Lipinski definition) is 2.